The maximum absolute atomic E-state index is 3.44. The predicted molar refractivity (Wildman–Crippen MR) is 82.1 cm³/mol. The molecule has 2 heteroatoms. The number of hydrogen-bond donors (Lipinski definition) is 1. The summed E-state index contributed by atoms with van der Waals surface area (Å²) in [5, 5.41) is 3.44. The summed E-state index contributed by atoms with van der Waals surface area (Å²) in [6.45, 7) is 9.83. The first-order valence-electron chi connectivity index (χ1n) is 7.38. The summed E-state index contributed by atoms with van der Waals surface area (Å²) in [7, 11) is 0. The van der Waals surface area contributed by atoms with Gasteiger partial charge in [-0.15, -0.1) is 0 Å². The molecule has 0 aromatic heterocycles. The normalized spacial score (nSPS) is 15.7. The smallest absolute Gasteiger partial charge is 0.0233 e. The second-order valence-corrected chi connectivity index (χ2v) is 5.71. The Morgan fingerprint density at radius 2 is 1.74 bits per heavy atom. The van der Waals surface area contributed by atoms with E-state index in [9.17, 15) is 0 Å². The van der Waals surface area contributed by atoms with E-state index in [0.29, 0.717) is 0 Å². The Hall–Kier alpha value is -1.12. The third-order valence-corrected chi connectivity index (χ3v) is 3.61. The molecule has 1 fully saturated rings. The highest BCUT2D eigenvalue weighted by atomic mass is 15.1. The molecule has 0 unspecified atom stereocenters. The largest absolute Gasteiger partial charge is 0.309 e. The molecule has 0 aliphatic carbocycles. The van der Waals surface area contributed by atoms with Gasteiger partial charge in [-0.1, -0.05) is 35.9 Å². The zero-order chi connectivity index (χ0) is 13.5. The average Bonchev–Trinajstić information content (AvgIpc) is 2.89. The number of nitrogens with one attached hydrogen (secondary N) is 1. The van der Waals surface area contributed by atoms with Gasteiger partial charge in [0.1, 0.15) is 0 Å². The molecule has 1 saturated heterocycles. The lowest BCUT2D eigenvalue weighted by atomic mass is 10.1. The molecule has 2 rings (SSSR count). The maximum Gasteiger partial charge on any atom is 0.0233 e. The van der Waals surface area contributed by atoms with Gasteiger partial charge in [-0.05, 0) is 50.9 Å². The molecular weight excluding hydrogens is 232 g/mol. The lowest BCUT2D eigenvalue weighted by Gasteiger charge is -2.14. The van der Waals surface area contributed by atoms with E-state index >= 15 is 0 Å². The number of rotatable bonds is 6. The van der Waals surface area contributed by atoms with Crippen LogP contribution in [0.3, 0.4) is 0 Å². The van der Waals surface area contributed by atoms with E-state index in [1.165, 1.54) is 42.6 Å². The van der Waals surface area contributed by atoms with Crippen LogP contribution < -0.4 is 5.32 Å². The van der Waals surface area contributed by atoms with Gasteiger partial charge in [0.2, 0.25) is 0 Å². The van der Waals surface area contributed by atoms with Crippen molar-refractivity contribution in [2.24, 2.45) is 0 Å². The van der Waals surface area contributed by atoms with Gasteiger partial charge >= 0.3 is 0 Å². The fraction of sp³-hybridized carbons (Fsp3) is 0.529. The number of likely N-dealkylation sites (tertiary alicyclic amines) is 1. The van der Waals surface area contributed by atoms with Crippen LogP contribution in [0.5, 0.6) is 0 Å². The van der Waals surface area contributed by atoms with Crippen molar-refractivity contribution in [1.82, 2.24) is 10.2 Å². The van der Waals surface area contributed by atoms with Crippen molar-refractivity contribution in [3.8, 4) is 0 Å². The molecule has 19 heavy (non-hydrogen) atoms. The van der Waals surface area contributed by atoms with Gasteiger partial charge in [-0.3, -0.25) is 4.90 Å². The fourth-order valence-electron chi connectivity index (χ4n) is 2.45. The molecule has 1 N–H and O–H groups in total. The van der Waals surface area contributed by atoms with Crippen LogP contribution in [0, 0.1) is 0 Å². The first-order chi connectivity index (χ1) is 9.24. The molecule has 0 bridgehead atoms. The van der Waals surface area contributed by atoms with Gasteiger partial charge in [0.05, 0.1) is 0 Å². The lowest BCUT2D eigenvalue weighted by molar-refractivity contribution is 0.331. The van der Waals surface area contributed by atoms with Crippen LogP contribution in [-0.4, -0.2) is 24.5 Å². The monoisotopic (exact) mass is 258 g/mol. The van der Waals surface area contributed by atoms with Crippen LogP contribution in [0.4, 0.5) is 0 Å². The Bertz CT molecular complexity index is 396. The van der Waals surface area contributed by atoms with E-state index in [2.05, 4.69) is 54.4 Å². The quantitative estimate of drug-likeness (QED) is 0.622. The minimum atomic E-state index is 0.952. The maximum atomic E-state index is 3.44. The van der Waals surface area contributed by atoms with Crippen molar-refractivity contribution in [2.75, 3.05) is 19.6 Å². The number of allylic oxidation sites excluding steroid dienone is 1. The molecule has 1 aliphatic heterocycles. The fourth-order valence-corrected chi connectivity index (χ4v) is 2.45. The molecule has 1 aliphatic rings. The van der Waals surface area contributed by atoms with E-state index in [1.807, 2.05) is 0 Å². The van der Waals surface area contributed by atoms with Crippen molar-refractivity contribution >= 4 is 0 Å². The molecule has 0 radical (unpaired) electrons. The second kappa shape index (κ2) is 7.46. The topological polar surface area (TPSA) is 15.3 Å². The SMILES string of the molecule is CC(C)=CCNCc1ccc(CN2CCCC2)cc1. The molecule has 0 amide bonds. The molecule has 0 saturated carbocycles. The third-order valence-electron chi connectivity index (χ3n) is 3.61. The van der Waals surface area contributed by atoms with E-state index in [4.69, 9.17) is 0 Å². The van der Waals surface area contributed by atoms with Crippen molar-refractivity contribution in [3.63, 3.8) is 0 Å². The molecule has 1 aromatic carbocycles. The summed E-state index contributed by atoms with van der Waals surface area (Å²) in [4.78, 5) is 2.54. The summed E-state index contributed by atoms with van der Waals surface area (Å²) >= 11 is 0. The van der Waals surface area contributed by atoms with E-state index in [1.54, 1.807) is 0 Å². The van der Waals surface area contributed by atoms with E-state index in [0.717, 1.165) is 19.6 Å². The summed E-state index contributed by atoms with van der Waals surface area (Å²) < 4.78 is 0. The molecule has 0 spiro atoms. The zero-order valence-electron chi connectivity index (χ0n) is 12.3. The van der Waals surface area contributed by atoms with Gasteiger partial charge in [-0.25, -0.2) is 0 Å². The van der Waals surface area contributed by atoms with Gasteiger partial charge in [-0.2, -0.15) is 0 Å². The van der Waals surface area contributed by atoms with Gasteiger partial charge in [0.15, 0.2) is 0 Å². The Morgan fingerprint density at radius 1 is 1.11 bits per heavy atom. The van der Waals surface area contributed by atoms with E-state index in [-0.39, 0.29) is 0 Å². The number of nitrogens with zero attached hydrogens (tertiary/aromatic N) is 1. The molecule has 1 heterocycles. The van der Waals surface area contributed by atoms with Crippen molar-refractivity contribution in [2.45, 2.75) is 39.8 Å². The highest BCUT2D eigenvalue weighted by Gasteiger charge is 2.11. The highest BCUT2D eigenvalue weighted by molar-refractivity contribution is 5.22. The number of benzene rings is 1. The Morgan fingerprint density at radius 3 is 2.37 bits per heavy atom. The van der Waals surface area contributed by atoms with Crippen LogP contribution in [0.15, 0.2) is 35.9 Å². The van der Waals surface area contributed by atoms with Gasteiger partial charge in [0, 0.05) is 19.6 Å². The molecule has 1 aromatic rings. The predicted octanol–water partition coefficient (Wildman–Crippen LogP) is 3.34. The second-order valence-electron chi connectivity index (χ2n) is 5.71. The summed E-state index contributed by atoms with van der Waals surface area (Å²) in [5.41, 5.74) is 4.18. The first-order valence-corrected chi connectivity index (χ1v) is 7.38. The average molecular weight is 258 g/mol. The lowest BCUT2D eigenvalue weighted by Crippen LogP contribution is -2.18. The molecule has 104 valence electrons. The van der Waals surface area contributed by atoms with Crippen molar-refractivity contribution < 1.29 is 0 Å². The molecular formula is C17H26N2. The van der Waals surface area contributed by atoms with Crippen LogP contribution in [0.2, 0.25) is 0 Å². The van der Waals surface area contributed by atoms with Gasteiger partial charge < -0.3 is 5.32 Å². The molecule has 2 nitrogen and oxygen atoms in total. The Kier molecular flexibility index (Phi) is 5.62. The van der Waals surface area contributed by atoms with Crippen LogP contribution in [-0.2, 0) is 13.1 Å². The Balaban J connectivity index is 1.76. The minimum absolute atomic E-state index is 0.952. The standard InChI is InChI=1S/C17H26N2/c1-15(2)9-10-18-13-16-5-7-17(8-6-16)14-19-11-3-4-12-19/h5-9,18H,3-4,10-14H2,1-2H3. The van der Waals surface area contributed by atoms with Crippen molar-refractivity contribution in [3.05, 3.63) is 47.0 Å². The summed E-state index contributed by atoms with van der Waals surface area (Å²) in [5.74, 6) is 0. The van der Waals surface area contributed by atoms with Gasteiger partial charge in [0.25, 0.3) is 0 Å². The highest BCUT2D eigenvalue weighted by Crippen LogP contribution is 2.13. The zero-order valence-corrected chi connectivity index (χ0v) is 12.3. The van der Waals surface area contributed by atoms with Crippen LogP contribution in [0.25, 0.3) is 0 Å². The Labute approximate surface area is 117 Å². The first kappa shape index (κ1) is 14.3. The van der Waals surface area contributed by atoms with Crippen LogP contribution >= 0.6 is 0 Å². The summed E-state index contributed by atoms with van der Waals surface area (Å²) in [6, 6.07) is 9.05. The van der Waals surface area contributed by atoms with E-state index < -0.39 is 0 Å². The molecule has 0 atom stereocenters. The minimum Gasteiger partial charge on any atom is -0.309 e. The third kappa shape index (κ3) is 5.17. The number of hydrogen-bond acceptors (Lipinski definition) is 2. The summed E-state index contributed by atoms with van der Waals surface area (Å²) in [6.07, 6.45) is 4.96. The van der Waals surface area contributed by atoms with Crippen molar-refractivity contribution in [1.29, 1.82) is 0 Å². The van der Waals surface area contributed by atoms with Crippen LogP contribution in [0.1, 0.15) is 37.8 Å².